The SMILES string of the molecule is CCCN1C(=O)N(Cc2ccc(C)cc2)C[C@@H]1CCOc1ccc(C[C@](C)(Oc2ccccc2)C(=O)O)cc1. The lowest BCUT2D eigenvalue weighted by atomic mass is 9.96. The van der Waals surface area contributed by atoms with Crippen LogP contribution in [0.5, 0.6) is 11.5 Å². The zero-order valence-corrected chi connectivity index (χ0v) is 23.0. The van der Waals surface area contributed by atoms with Crippen LogP contribution in [-0.4, -0.2) is 58.2 Å². The van der Waals surface area contributed by atoms with Crippen molar-refractivity contribution in [3.63, 3.8) is 0 Å². The number of aryl methyl sites for hydroxylation is 1. The first-order valence-electron chi connectivity index (χ1n) is 13.6. The van der Waals surface area contributed by atoms with Gasteiger partial charge in [-0.1, -0.05) is 67.1 Å². The number of rotatable bonds is 13. The molecular formula is C32H38N2O5. The lowest BCUT2D eigenvalue weighted by Crippen LogP contribution is -2.43. The van der Waals surface area contributed by atoms with E-state index in [2.05, 4.69) is 38.1 Å². The van der Waals surface area contributed by atoms with Crippen LogP contribution in [0.4, 0.5) is 4.79 Å². The van der Waals surface area contributed by atoms with Crippen LogP contribution in [0.2, 0.25) is 0 Å². The van der Waals surface area contributed by atoms with Gasteiger partial charge < -0.3 is 24.4 Å². The van der Waals surface area contributed by atoms with E-state index in [0.29, 0.717) is 31.2 Å². The van der Waals surface area contributed by atoms with E-state index in [1.54, 1.807) is 19.1 Å². The number of aliphatic carboxylic acids is 1. The number of nitrogens with zero attached hydrogens (tertiary/aromatic N) is 2. The Labute approximate surface area is 231 Å². The summed E-state index contributed by atoms with van der Waals surface area (Å²) < 4.78 is 11.9. The van der Waals surface area contributed by atoms with Crippen molar-refractivity contribution in [1.29, 1.82) is 0 Å². The molecule has 1 fully saturated rings. The highest BCUT2D eigenvalue weighted by Crippen LogP contribution is 2.25. The summed E-state index contributed by atoms with van der Waals surface area (Å²) in [5.74, 6) is 0.204. The van der Waals surface area contributed by atoms with Crippen LogP contribution >= 0.6 is 0 Å². The number of benzene rings is 3. The van der Waals surface area contributed by atoms with Crippen molar-refractivity contribution in [2.24, 2.45) is 0 Å². The van der Waals surface area contributed by atoms with Gasteiger partial charge in [-0.05, 0) is 55.7 Å². The van der Waals surface area contributed by atoms with Crippen molar-refractivity contribution in [3.05, 3.63) is 95.6 Å². The molecule has 1 aliphatic rings. The van der Waals surface area contributed by atoms with Gasteiger partial charge in [0.25, 0.3) is 0 Å². The van der Waals surface area contributed by atoms with E-state index in [0.717, 1.165) is 30.5 Å². The van der Waals surface area contributed by atoms with Gasteiger partial charge in [-0.2, -0.15) is 0 Å². The molecule has 0 aromatic heterocycles. The Morgan fingerprint density at radius 3 is 2.28 bits per heavy atom. The Morgan fingerprint density at radius 1 is 0.974 bits per heavy atom. The number of hydrogen-bond donors (Lipinski definition) is 1. The van der Waals surface area contributed by atoms with Crippen molar-refractivity contribution in [2.75, 3.05) is 19.7 Å². The average Bonchev–Trinajstić information content (AvgIpc) is 3.21. The maximum atomic E-state index is 13.1. The topological polar surface area (TPSA) is 79.3 Å². The Hall–Kier alpha value is -4.00. The minimum atomic E-state index is -1.40. The van der Waals surface area contributed by atoms with Gasteiger partial charge in [0.1, 0.15) is 11.5 Å². The Morgan fingerprint density at radius 2 is 1.64 bits per heavy atom. The number of hydrogen-bond acceptors (Lipinski definition) is 4. The molecule has 1 aliphatic heterocycles. The molecule has 7 heteroatoms. The minimum Gasteiger partial charge on any atom is -0.494 e. The first kappa shape index (κ1) is 28.0. The Kier molecular flexibility index (Phi) is 9.12. The van der Waals surface area contributed by atoms with Gasteiger partial charge in [-0.25, -0.2) is 9.59 Å². The zero-order valence-electron chi connectivity index (χ0n) is 23.0. The molecule has 0 unspecified atom stereocenters. The number of urea groups is 1. The molecule has 0 bridgehead atoms. The monoisotopic (exact) mass is 530 g/mol. The number of carboxylic acids is 1. The van der Waals surface area contributed by atoms with Gasteiger partial charge in [-0.15, -0.1) is 0 Å². The molecule has 1 saturated heterocycles. The molecule has 2 atom stereocenters. The molecule has 206 valence electrons. The third-order valence-electron chi connectivity index (χ3n) is 7.07. The lowest BCUT2D eigenvalue weighted by Gasteiger charge is -2.26. The highest BCUT2D eigenvalue weighted by atomic mass is 16.5. The summed E-state index contributed by atoms with van der Waals surface area (Å²) in [6.45, 7) is 8.25. The van der Waals surface area contributed by atoms with Crippen LogP contribution in [0.1, 0.15) is 43.4 Å². The predicted molar refractivity (Wildman–Crippen MR) is 151 cm³/mol. The number of para-hydroxylation sites is 1. The van der Waals surface area contributed by atoms with Gasteiger partial charge in [0.05, 0.1) is 12.6 Å². The van der Waals surface area contributed by atoms with Gasteiger partial charge in [0.15, 0.2) is 0 Å². The zero-order chi connectivity index (χ0) is 27.8. The molecular weight excluding hydrogens is 492 g/mol. The molecule has 2 amide bonds. The molecule has 7 nitrogen and oxygen atoms in total. The maximum Gasteiger partial charge on any atom is 0.348 e. The molecule has 0 spiro atoms. The highest BCUT2D eigenvalue weighted by molar-refractivity contribution is 5.78. The van der Waals surface area contributed by atoms with Gasteiger partial charge in [0.2, 0.25) is 5.60 Å². The van der Waals surface area contributed by atoms with Crippen LogP contribution < -0.4 is 9.47 Å². The van der Waals surface area contributed by atoms with Crippen molar-refractivity contribution in [2.45, 2.75) is 58.2 Å². The fraction of sp³-hybridized carbons (Fsp3) is 0.375. The van der Waals surface area contributed by atoms with E-state index in [-0.39, 0.29) is 18.5 Å². The molecule has 0 radical (unpaired) electrons. The number of ether oxygens (including phenoxy) is 2. The van der Waals surface area contributed by atoms with Gasteiger partial charge >= 0.3 is 12.0 Å². The summed E-state index contributed by atoms with van der Waals surface area (Å²) in [7, 11) is 0. The first-order valence-corrected chi connectivity index (χ1v) is 13.6. The van der Waals surface area contributed by atoms with Crippen molar-refractivity contribution < 1.29 is 24.2 Å². The summed E-state index contributed by atoms with van der Waals surface area (Å²) >= 11 is 0. The number of amides is 2. The van der Waals surface area contributed by atoms with E-state index < -0.39 is 11.6 Å². The fourth-order valence-electron chi connectivity index (χ4n) is 4.89. The molecule has 1 heterocycles. The highest BCUT2D eigenvalue weighted by Gasteiger charge is 2.37. The lowest BCUT2D eigenvalue weighted by molar-refractivity contribution is -0.153. The van der Waals surface area contributed by atoms with E-state index in [4.69, 9.17) is 9.47 Å². The van der Waals surface area contributed by atoms with Gasteiger partial charge in [-0.3, -0.25) is 0 Å². The van der Waals surface area contributed by atoms with Crippen LogP contribution in [0.3, 0.4) is 0 Å². The molecule has 1 N–H and O–H groups in total. The van der Waals surface area contributed by atoms with E-state index in [1.165, 1.54) is 5.56 Å². The third-order valence-corrected chi connectivity index (χ3v) is 7.07. The summed E-state index contributed by atoms with van der Waals surface area (Å²) in [6.07, 6.45) is 1.86. The predicted octanol–water partition coefficient (Wildman–Crippen LogP) is 5.95. The van der Waals surface area contributed by atoms with Crippen LogP contribution in [0.25, 0.3) is 0 Å². The van der Waals surface area contributed by atoms with Crippen molar-refractivity contribution >= 4 is 12.0 Å². The Bertz CT molecular complexity index is 1230. The molecule has 0 aliphatic carbocycles. The molecule has 3 aromatic rings. The first-order chi connectivity index (χ1) is 18.8. The number of carboxylic acid groups (broad SMARTS) is 1. The van der Waals surface area contributed by atoms with Crippen LogP contribution in [-0.2, 0) is 17.8 Å². The normalized spacial score (nSPS) is 16.7. The van der Waals surface area contributed by atoms with E-state index in [1.807, 2.05) is 52.3 Å². The van der Waals surface area contributed by atoms with Crippen LogP contribution in [0.15, 0.2) is 78.9 Å². The standard InChI is InChI=1S/C32H38N2O5/c1-4-19-34-27(23-33(31(34)37)22-26-12-10-24(2)11-13-26)18-20-38-28-16-14-25(15-17-28)21-32(3,30(35)36)39-29-8-6-5-7-9-29/h5-17,27H,4,18-23H2,1-3H3,(H,35,36)/t27-,32-/m0/s1. The van der Waals surface area contributed by atoms with Crippen molar-refractivity contribution in [3.8, 4) is 11.5 Å². The largest absolute Gasteiger partial charge is 0.494 e. The average molecular weight is 531 g/mol. The second kappa shape index (κ2) is 12.7. The smallest absolute Gasteiger partial charge is 0.348 e. The Balaban J connectivity index is 1.31. The molecule has 39 heavy (non-hydrogen) atoms. The molecule has 4 rings (SSSR count). The summed E-state index contributed by atoms with van der Waals surface area (Å²) in [5, 5.41) is 9.84. The van der Waals surface area contributed by atoms with Crippen LogP contribution in [0, 0.1) is 6.92 Å². The minimum absolute atomic E-state index is 0.0889. The van der Waals surface area contributed by atoms with Crippen molar-refractivity contribution in [1.82, 2.24) is 9.80 Å². The molecule has 3 aromatic carbocycles. The maximum absolute atomic E-state index is 13.1. The number of carbonyl (C=O) groups excluding carboxylic acids is 1. The molecule has 0 saturated carbocycles. The number of carbonyl (C=O) groups is 2. The van der Waals surface area contributed by atoms with Gasteiger partial charge in [0, 0.05) is 32.5 Å². The third kappa shape index (κ3) is 7.31. The summed E-state index contributed by atoms with van der Waals surface area (Å²) in [4.78, 5) is 29.0. The summed E-state index contributed by atoms with van der Waals surface area (Å²) in [5.41, 5.74) is 1.78. The second-order valence-corrected chi connectivity index (χ2v) is 10.4. The van der Waals surface area contributed by atoms with E-state index >= 15 is 0 Å². The fourth-order valence-corrected chi connectivity index (χ4v) is 4.89. The second-order valence-electron chi connectivity index (χ2n) is 10.4. The quantitative estimate of drug-likeness (QED) is 0.296. The van der Waals surface area contributed by atoms with E-state index in [9.17, 15) is 14.7 Å². The summed E-state index contributed by atoms with van der Waals surface area (Å²) in [6, 6.07) is 25.0.